The molecular weight excluding hydrogens is 217 g/mol. The van der Waals surface area contributed by atoms with Gasteiger partial charge in [-0.05, 0) is 38.2 Å². The summed E-state index contributed by atoms with van der Waals surface area (Å²) in [6.07, 6.45) is 5.27. The molecule has 1 aromatic rings. The Morgan fingerprint density at radius 2 is 2.35 bits per heavy atom. The number of nitrogens with two attached hydrogens (primary N) is 1. The van der Waals surface area contributed by atoms with E-state index in [0.717, 1.165) is 25.0 Å². The first-order valence-corrected chi connectivity index (χ1v) is 6.52. The maximum atomic E-state index is 14.5. The van der Waals surface area contributed by atoms with Gasteiger partial charge in [0.2, 0.25) is 0 Å². The lowest BCUT2D eigenvalue weighted by Crippen LogP contribution is -2.37. The molecule has 4 heteroatoms. The van der Waals surface area contributed by atoms with Gasteiger partial charge in [0.1, 0.15) is 5.67 Å². The van der Waals surface area contributed by atoms with E-state index in [4.69, 9.17) is 5.73 Å². The molecule has 2 atom stereocenters. The molecule has 2 rings (SSSR count). The van der Waals surface area contributed by atoms with Crippen LogP contribution in [0.2, 0.25) is 0 Å². The minimum atomic E-state index is -1.24. The van der Waals surface area contributed by atoms with E-state index in [1.807, 2.05) is 16.9 Å². The van der Waals surface area contributed by atoms with Crippen molar-refractivity contribution in [3.05, 3.63) is 18.0 Å². The molecule has 0 aromatic carbocycles. The third-order valence-corrected chi connectivity index (χ3v) is 3.83. The molecule has 1 saturated carbocycles. The second-order valence-corrected chi connectivity index (χ2v) is 5.23. The van der Waals surface area contributed by atoms with Crippen molar-refractivity contribution in [2.75, 3.05) is 6.54 Å². The fourth-order valence-corrected chi connectivity index (χ4v) is 2.19. The van der Waals surface area contributed by atoms with E-state index in [1.54, 1.807) is 0 Å². The van der Waals surface area contributed by atoms with Gasteiger partial charge in [0, 0.05) is 25.2 Å². The van der Waals surface area contributed by atoms with Crippen molar-refractivity contribution in [2.45, 2.75) is 51.2 Å². The zero-order valence-corrected chi connectivity index (χ0v) is 10.7. The summed E-state index contributed by atoms with van der Waals surface area (Å²) in [5, 5.41) is 4.45. The Morgan fingerprint density at radius 3 is 2.88 bits per heavy atom. The molecule has 2 unspecified atom stereocenters. The van der Waals surface area contributed by atoms with Gasteiger partial charge in [-0.2, -0.15) is 5.10 Å². The number of hydrogen-bond acceptors (Lipinski definition) is 2. The minimum Gasteiger partial charge on any atom is -0.328 e. The van der Waals surface area contributed by atoms with E-state index in [0.29, 0.717) is 12.5 Å². The van der Waals surface area contributed by atoms with E-state index >= 15 is 0 Å². The number of nitrogens with zero attached hydrogens (tertiary/aromatic N) is 2. The molecule has 1 fully saturated rings. The Balaban J connectivity index is 2.05. The van der Waals surface area contributed by atoms with Gasteiger partial charge in [0.15, 0.2) is 0 Å². The summed E-state index contributed by atoms with van der Waals surface area (Å²) in [5.74, 6) is 0.154. The van der Waals surface area contributed by atoms with Gasteiger partial charge in [-0.3, -0.25) is 4.68 Å². The summed E-state index contributed by atoms with van der Waals surface area (Å²) < 4.78 is 16.4. The highest BCUT2D eigenvalue weighted by atomic mass is 19.1. The van der Waals surface area contributed by atoms with Crippen LogP contribution in [0.1, 0.15) is 44.8 Å². The van der Waals surface area contributed by atoms with Crippen molar-refractivity contribution in [1.82, 2.24) is 9.78 Å². The maximum Gasteiger partial charge on any atom is 0.131 e. The predicted molar refractivity (Wildman–Crippen MR) is 66.6 cm³/mol. The van der Waals surface area contributed by atoms with Crippen LogP contribution in [-0.4, -0.2) is 22.0 Å². The third kappa shape index (κ3) is 2.68. The van der Waals surface area contributed by atoms with Crippen LogP contribution in [0.4, 0.5) is 4.39 Å². The van der Waals surface area contributed by atoms with Gasteiger partial charge >= 0.3 is 0 Å². The Morgan fingerprint density at radius 1 is 1.65 bits per heavy atom. The fourth-order valence-electron chi connectivity index (χ4n) is 2.19. The van der Waals surface area contributed by atoms with Crippen molar-refractivity contribution >= 4 is 0 Å². The molecule has 0 radical (unpaired) electrons. The summed E-state index contributed by atoms with van der Waals surface area (Å²) >= 11 is 0. The van der Waals surface area contributed by atoms with Crippen molar-refractivity contribution < 1.29 is 4.39 Å². The van der Waals surface area contributed by atoms with Crippen LogP contribution >= 0.6 is 0 Å². The Kier molecular flexibility index (Phi) is 3.52. The van der Waals surface area contributed by atoms with Gasteiger partial charge in [-0.15, -0.1) is 0 Å². The summed E-state index contributed by atoms with van der Waals surface area (Å²) in [7, 11) is 0. The molecule has 17 heavy (non-hydrogen) atoms. The largest absolute Gasteiger partial charge is 0.328 e. The smallest absolute Gasteiger partial charge is 0.131 e. The third-order valence-electron chi connectivity index (χ3n) is 3.83. The van der Waals surface area contributed by atoms with Crippen LogP contribution in [0.15, 0.2) is 12.3 Å². The van der Waals surface area contributed by atoms with Gasteiger partial charge < -0.3 is 5.73 Å². The van der Waals surface area contributed by atoms with Crippen LogP contribution in [-0.2, 0) is 6.42 Å². The number of rotatable bonds is 6. The lowest BCUT2D eigenvalue weighted by molar-refractivity contribution is 0.141. The molecule has 0 amide bonds. The summed E-state index contributed by atoms with van der Waals surface area (Å²) in [4.78, 5) is 0. The average Bonchev–Trinajstić information content (AvgIpc) is 3.10. The first kappa shape index (κ1) is 12.6. The second kappa shape index (κ2) is 4.77. The Bertz CT molecular complexity index is 372. The molecule has 96 valence electrons. The highest BCUT2D eigenvalue weighted by Gasteiger charge is 2.45. The normalized spacial score (nSPS) is 21.2. The molecule has 1 heterocycles. The van der Waals surface area contributed by atoms with E-state index in [2.05, 4.69) is 18.9 Å². The van der Waals surface area contributed by atoms with Gasteiger partial charge in [-0.1, -0.05) is 6.92 Å². The van der Waals surface area contributed by atoms with Gasteiger partial charge in [0.05, 0.1) is 5.69 Å². The molecule has 3 nitrogen and oxygen atoms in total. The van der Waals surface area contributed by atoms with E-state index in [9.17, 15) is 4.39 Å². The van der Waals surface area contributed by atoms with Gasteiger partial charge in [-0.25, -0.2) is 4.39 Å². The first-order valence-electron chi connectivity index (χ1n) is 6.52. The molecular formula is C13H22FN3. The van der Waals surface area contributed by atoms with Gasteiger partial charge in [0.25, 0.3) is 0 Å². The first-order chi connectivity index (χ1) is 8.09. The van der Waals surface area contributed by atoms with Crippen LogP contribution < -0.4 is 5.73 Å². The number of alkyl halides is 1. The molecule has 0 spiro atoms. The zero-order valence-electron chi connectivity index (χ0n) is 10.7. The van der Waals surface area contributed by atoms with E-state index in [-0.39, 0.29) is 12.5 Å². The monoisotopic (exact) mass is 239 g/mol. The van der Waals surface area contributed by atoms with E-state index in [1.165, 1.54) is 0 Å². The average molecular weight is 239 g/mol. The van der Waals surface area contributed by atoms with Crippen molar-refractivity contribution in [3.63, 3.8) is 0 Å². The quantitative estimate of drug-likeness (QED) is 0.828. The van der Waals surface area contributed by atoms with Crippen molar-refractivity contribution in [1.29, 1.82) is 0 Å². The van der Waals surface area contributed by atoms with Crippen LogP contribution in [0.3, 0.4) is 0 Å². The maximum absolute atomic E-state index is 14.5. The van der Waals surface area contributed by atoms with Crippen LogP contribution in [0, 0.1) is 5.92 Å². The second-order valence-electron chi connectivity index (χ2n) is 5.23. The molecule has 1 aliphatic rings. The molecule has 1 aromatic heterocycles. The summed E-state index contributed by atoms with van der Waals surface area (Å²) in [5.41, 5.74) is 5.16. The number of hydrogen-bond donors (Lipinski definition) is 1. The van der Waals surface area contributed by atoms with Crippen molar-refractivity contribution in [3.8, 4) is 0 Å². The Hall–Kier alpha value is -0.900. The SMILES string of the molecule is CCC(C)n1ccc(CC(F)(CN)C2CC2)n1. The fraction of sp³-hybridized carbons (Fsp3) is 0.769. The molecule has 0 bridgehead atoms. The number of aromatic nitrogens is 2. The zero-order chi connectivity index (χ0) is 12.5. The van der Waals surface area contributed by atoms with Crippen molar-refractivity contribution in [2.24, 2.45) is 11.7 Å². The summed E-state index contributed by atoms with van der Waals surface area (Å²) in [6, 6.07) is 2.29. The predicted octanol–water partition coefficient (Wildman–Crippen LogP) is 2.47. The molecule has 0 aliphatic heterocycles. The summed E-state index contributed by atoms with van der Waals surface area (Å²) in [6.45, 7) is 4.34. The highest BCUT2D eigenvalue weighted by Crippen LogP contribution is 2.43. The van der Waals surface area contributed by atoms with Crippen LogP contribution in [0.5, 0.6) is 0 Å². The van der Waals surface area contributed by atoms with E-state index < -0.39 is 5.67 Å². The highest BCUT2D eigenvalue weighted by molar-refractivity contribution is 5.09. The standard InChI is InChI=1S/C13H22FN3/c1-3-10(2)17-7-6-12(16-17)8-13(14,9-15)11-4-5-11/h6-7,10-11H,3-5,8-9,15H2,1-2H3. The lowest BCUT2D eigenvalue weighted by atomic mass is 9.94. The molecule has 1 aliphatic carbocycles. The van der Waals surface area contributed by atoms with Crippen LogP contribution in [0.25, 0.3) is 0 Å². The number of halogens is 1. The lowest BCUT2D eigenvalue weighted by Gasteiger charge is -2.22. The molecule has 2 N–H and O–H groups in total. The Labute approximate surface area is 102 Å². The minimum absolute atomic E-state index is 0.105. The molecule has 0 saturated heterocycles. The topological polar surface area (TPSA) is 43.8 Å².